The Morgan fingerprint density at radius 3 is 2.71 bits per heavy atom. The van der Waals surface area contributed by atoms with Gasteiger partial charge in [0.2, 0.25) is 0 Å². The Bertz CT molecular complexity index is 167. The fourth-order valence-corrected chi connectivity index (χ4v) is 1.67. The Labute approximate surface area is 84.6 Å². The van der Waals surface area contributed by atoms with Gasteiger partial charge >= 0.3 is 5.97 Å². The smallest absolute Gasteiger partial charge is 0.304 e. The third kappa shape index (κ3) is 5.19. The second-order valence-electron chi connectivity index (χ2n) is 3.67. The van der Waals surface area contributed by atoms with Crippen molar-refractivity contribution in [3.63, 3.8) is 0 Å². The molecule has 0 heterocycles. The molecule has 0 aromatic heterocycles. The molecule has 1 rings (SSSR count). The van der Waals surface area contributed by atoms with Crippen LogP contribution in [0.2, 0.25) is 0 Å². The summed E-state index contributed by atoms with van der Waals surface area (Å²) in [5.74, 6) is -0.755. The van der Waals surface area contributed by atoms with Crippen LogP contribution in [0, 0.1) is 0 Å². The number of hydrogen-bond donors (Lipinski definition) is 2. The fraction of sp³-hybridized carbons (Fsp3) is 0.900. The molecule has 4 nitrogen and oxygen atoms in total. The van der Waals surface area contributed by atoms with Gasteiger partial charge in [-0.15, -0.1) is 0 Å². The first kappa shape index (κ1) is 11.5. The first-order chi connectivity index (χ1) is 6.79. The topological polar surface area (TPSA) is 58.6 Å². The van der Waals surface area contributed by atoms with Gasteiger partial charge in [0, 0.05) is 13.1 Å². The first-order valence-electron chi connectivity index (χ1n) is 5.33. The van der Waals surface area contributed by atoms with Crippen LogP contribution >= 0.6 is 0 Å². The zero-order valence-electron chi connectivity index (χ0n) is 8.50. The Kier molecular flexibility index (Phi) is 5.56. The summed E-state index contributed by atoms with van der Waals surface area (Å²) in [5, 5.41) is 11.4. The van der Waals surface area contributed by atoms with Crippen LogP contribution in [0.25, 0.3) is 0 Å². The molecule has 0 aliphatic heterocycles. The molecule has 82 valence electrons. The zero-order chi connectivity index (χ0) is 10.2. The molecule has 0 unspecified atom stereocenters. The number of carboxylic acids is 1. The maximum atomic E-state index is 10.2. The van der Waals surface area contributed by atoms with E-state index in [-0.39, 0.29) is 6.42 Å². The maximum absolute atomic E-state index is 10.2. The van der Waals surface area contributed by atoms with E-state index in [9.17, 15) is 4.79 Å². The molecule has 0 spiro atoms. The van der Waals surface area contributed by atoms with Gasteiger partial charge in [0.15, 0.2) is 0 Å². The normalized spacial score (nSPS) is 17.4. The number of hydrogen-bond acceptors (Lipinski definition) is 3. The van der Waals surface area contributed by atoms with Crippen molar-refractivity contribution in [2.45, 2.75) is 38.2 Å². The Balaban J connectivity index is 1.82. The standard InChI is InChI=1S/C10H19NO3/c12-10(13)5-6-11-7-8-14-9-3-1-2-4-9/h9,11H,1-8H2,(H,12,13). The molecule has 1 aliphatic carbocycles. The molecule has 14 heavy (non-hydrogen) atoms. The van der Waals surface area contributed by atoms with Crippen molar-refractivity contribution in [3.05, 3.63) is 0 Å². The van der Waals surface area contributed by atoms with Gasteiger partial charge in [0.25, 0.3) is 0 Å². The van der Waals surface area contributed by atoms with E-state index in [1.807, 2.05) is 0 Å². The molecule has 0 amide bonds. The largest absolute Gasteiger partial charge is 0.481 e. The van der Waals surface area contributed by atoms with Crippen LogP contribution in [-0.4, -0.2) is 36.9 Å². The molecule has 1 saturated carbocycles. The van der Waals surface area contributed by atoms with E-state index in [1.54, 1.807) is 0 Å². The molecule has 1 aliphatic rings. The molecular weight excluding hydrogens is 182 g/mol. The van der Waals surface area contributed by atoms with Crippen molar-refractivity contribution in [1.82, 2.24) is 5.32 Å². The predicted molar refractivity (Wildman–Crippen MR) is 53.3 cm³/mol. The minimum absolute atomic E-state index is 0.184. The van der Waals surface area contributed by atoms with Crippen molar-refractivity contribution in [3.8, 4) is 0 Å². The third-order valence-corrected chi connectivity index (χ3v) is 2.45. The molecule has 4 heteroatoms. The average molecular weight is 201 g/mol. The number of aliphatic carboxylic acids is 1. The van der Waals surface area contributed by atoms with E-state index in [2.05, 4.69) is 5.32 Å². The summed E-state index contributed by atoms with van der Waals surface area (Å²) < 4.78 is 5.60. The summed E-state index contributed by atoms with van der Waals surface area (Å²) >= 11 is 0. The number of rotatable bonds is 7. The first-order valence-corrected chi connectivity index (χ1v) is 5.33. The second-order valence-corrected chi connectivity index (χ2v) is 3.67. The van der Waals surface area contributed by atoms with Gasteiger partial charge in [-0.3, -0.25) is 4.79 Å². The van der Waals surface area contributed by atoms with Crippen LogP contribution in [0.15, 0.2) is 0 Å². The highest BCUT2D eigenvalue weighted by Gasteiger charge is 2.14. The summed E-state index contributed by atoms with van der Waals surface area (Å²) in [7, 11) is 0. The highest BCUT2D eigenvalue weighted by atomic mass is 16.5. The Morgan fingerprint density at radius 2 is 2.07 bits per heavy atom. The van der Waals surface area contributed by atoms with Crippen molar-refractivity contribution in [2.24, 2.45) is 0 Å². The average Bonchev–Trinajstić information content (AvgIpc) is 2.63. The Hall–Kier alpha value is -0.610. The summed E-state index contributed by atoms with van der Waals surface area (Å²) in [5.41, 5.74) is 0. The lowest BCUT2D eigenvalue weighted by Gasteiger charge is -2.10. The van der Waals surface area contributed by atoms with Crippen molar-refractivity contribution >= 4 is 5.97 Å². The van der Waals surface area contributed by atoms with Crippen LogP contribution in [0.5, 0.6) is 0 Å². The summed E-state index contributed by atoms with van der Waals surface area (Å²) in [4.78, 5) is 10.2. The number of nitrogens with one attached hydrogen (secondary N) is 1. The van der Waals surface area contributed by atoms with Gasteiger partial charge in [-0.2, -0.15) is 0 Å². The van der Waals surface area contributed by atoms with Gasteiger partial charge in [-0.05, 0) is 12.8 Å². The summed E-state index contributed by atoms with van der Waals surface area (Å²) in [6.07, 6.45) is 5.60. The van der Waals surface area contributed by atoms with Gasteiger partial charge in [0.1, 0.15) is 0 Å². The molecule has 0 bridgehead atoms. The number of carbonyl (C=O) groups is 1. The van der Waals surface area contributed by atoms with Gasteiger partial charge in [-0.25, -0.2) is 0 Å². The van der Waals surface area contributed by atoms with Crippen LogP contribution in [-0.2, 0) is 9.53 Å². The molecule has 2 N–H and O–H groups in total. The van der Waals surface area contributed by atoms with E-state index in [4.69, 9.17) is 9.84 Å². The van der Waals surface area contributed by atoms with Crippen LogP contribution < -0.4 is 5.32 Å². The lowest BCUT2D eigenvalue weighted by Crippen LogP contribution is -2.24. The fourth-order valence-electron chi connectivity index (χ4n) is 1.67. The van der Waals surface area contributed by atoms with Crippen LogP contribution in [0.1, 0.15) is 32.1 Å². The summed E-state index contributed by atoms with van der Waals surface area (Å²) in [6, 6.07) is 0. The minimum atomic E-state index is -0.755. The number of ether oxygens (including phenoxy) is 1. The molecule has 0 atom stereocenters. The van der Waals surface area contributed by atoms with Crippen LogP contribution in [0.4, 0.5) is 0 Å². The second kappa shape index (κ2) is 6.79. The number of carboxylic acid groups (broad SMARTS) is 1. The third-order valence-electron chi connectivity index (χ3n) is 2.45. The van der Waals surface area contributed by atoms with E-state index in [1.165, 1.54) is 25.7 Å². The maximum Gasteiger partial charge on any atom is 0.304 e. The molecular formula is C10H19NO3. The van der Waals surface area contributed by atoms with E-state index in [0.717, 1.165) is 6.54 Å². The van der Waals surface area contributed by atoms with Gasteiger partial charge < -0.3 is 15.2 Å². The van der Waals surface area contributed by atoms with Crippen molar-refractivity contribution in [2.75, 3.05) is 19.7 Å². The molecule has 0 aromatic rings. The van der Waals surface area contributed by atoms with E-state index in [0.29, 0.717) is 19.3 Å². The Morgan fingerprint density at radius 1 is 1.36 bits per heavy atom. The molecule has 1 fully saturated rings. The highest BCUT2D eigenvalue weighted by molar-refractivity contribution is 5.66. The highest BCUT2D eigenvalue weighted by Crippen LogP contribution is 2.20. The van der Waals surface area contributed by atoms with Crippen molar-refractivity contribution < 1.29 is 14.6 Å². The molecule has 0 aromatic carbocycles. The molecule has 0 radical (unpaired) electrons. The zero-order valence-corrected chi connectivity index (χ0v) is 8.50. The minimum Gasteiger partial charge on any atom is -0.481 e. The lowest BCUT2D eigenvalue weighted by atomic mass is 10.3. The van der Waals surface area contributed by atoms with Crippen molar-refractivity contribution in [1.29, 1.82) is 0 Å². The monoisotopic (exact) mass is 201 g/mol. The van der Waals surface area contributed by atoms with Gasteiger partial charge in [0.05, 0.1) is 19.1 Å². The SMILES string of the molecule is O=C(O)CCNCCOC1CCCC1. The quantitative estimate of drug-likeness (QED) is 0.603. The predicted octanol–water partition coefficient (Wildman–Crippen LogP) is 1.01. The van der Waals surface area contributed by atoms with Crippen LogP contribution in [0.3, 0.4) is 0 Å². The van der Waals surface area contributed by atoms with E-state index < -0.39 is 5.97 Å². The summed E-state index contributed by atoms with van der Waals surface area (Å²) in [6.45, 7) is 1.98. The van der Waals surface area contributed by atoms with E-state index >= 15 is 0 Å². The molecule has 0 saturated heterocycles. The van der Waals surface area contributed by atoms with Gasteiger partial charge in [-0.1, -0.05) is 12.8 Å². The lowest BCUT2D eigenvalue weighted by molar-refractivity contribution is -0.136.